The van der Waals surface area contributed by atoms with Crippen LogP contribution in [0.25, 0.3) is 0 Å². The molecule has 4 nitrogen and oxygen atoms in total. The van der Waals surface area contributed by atoms with Gasteiger partial charge >= 0.3 is 5.97 Å². The number of carbonyl (C=O) groups excluding carboxylic acids is 2. The smallest absolute Gasteiger partial charge is 0.307 e. The fourth-order valence-electron chi connectivity index (χ4n) is 3.40. The van der Waals surface area contributed by atoms with E-state index < -0.39 is 0 Å². The first kappa shape index (κ1) is 14.4. The van der Waals surface area contributed by atoms with Crippen LogP contribution in [0, 0.1) is 5.92 Å². The van der Waals surface area contributed by atoms with Crippen molar-refractivity contribution in [2.24, 2.45) is 5.92 Å². The average molecular weight is 267 g/mol. The number of esters is 1. The fourth-order valence-corrected chi connectivity index (χ4v) is 3.40. The molecule has 2 fully saturated rings. The lowest BCUT2D eigenvalue weighted by Gasteiger charge is -2.36. The Labute approximate surface area is 115 Å². The van der Waals surface area contributed by atoms with E-state index in [9.17, 15) is 9.59 Å². The average Bonchev–Trinajstić information content (AvgIpc) is 2.92. The number of carbonyl (C=O) groups is 2. The second-order valence-electron chi connectivity index (χ2n) is 5.87. The molecule has 1 aliphatic heterocycles. The summed E-state index contributed by atoms with van der Waals surface area (Å²) in [5, 5.41) is 0. The first-order chi connectivity index (χ1) is 9.20. The summed E-state index contributed by atoms with van der Waals surface area (Å²) < 4.78 is 4.74. The number of hydrogen-bond acceptors (Lipinski definition) is 3. The van der Waals surface area contributed by atoms with Crippen LogP contribution in [-0.2, 0) is 14.3 Å². The summed E-state index contributed by atoms with van der Waals surface area (Å²) in [6.07, 6.45) is 9.06. The van der Waals surface area contributed by atoms with E-state index in [0.29, 0.717) is 18.8 Å². The Balaban J connectivity index is 1.89. The molecule has 0 radical (unpaired) electrons. The van der Waals surface area contributed by atoms with Crippen molar-refractivity contribution in [2.75, 3.05) is 13.7 Å². The maximum absolute atomic E-state index is 12.4. The SMILES string of the molecule is COC(=O)CC1CCCCN1C(=O)CC1CCCC1. The molecule has 19 heavy (non-hydrogen) atoms. The molecule has 0 aromatic rings. The van der Waals surface area contributed by atoms with Gasteiger partial charge in [0.25, 0.3) is 0 Å². The van der Waals surface area contributed by atoms with Gasteiger partial charge in [-0.3, -0.25) is 9.59 Å². The van der Waals surface area contributed by atoms with Crippen LogP contribution in [0.4, 0.5) is 0 Å². The van der Waals surface area contributed by atoms with Gasteiger partial charge in [0.05, 0.1) is 13.5 Å². The highest BCUT2D eigenvalue weighted by atomic mass is 16.5. The summed E-state index contributed by atoms with van der Waals surface area (Å²) in [7, 11) is 1.41. The molecule has 2 aliphatic rings. The molecule has 0 N–H and O–H groups in total. The normalized spacial score (nSPS) is 24.5. The van der Waals surface area contributed by atoms with Gasteiger partial charge in [-0.15, -0.1) is 0 Å². The number of piperidine rings is 1. The second kappa shape index (κ2) is 6.92. The van der Waals surface area contributed by atoms with Gasteiger partial charge in [0.15, 0.2) is 0 Å². The molecule has 1 aliphatic carbocycles. The molecular weight excluding hydrogens is 242 g/mol. The van der Waals surface area contributed by atoms with E-state index in [1.165, 1.54) is 32.8 Å². The van der Waals surface area contributed by atoms with Gasteiger partial charge in [-0.1, -0.05) is 12.8 Å². The van der Waals surface area contributed by atoms with Gasteiger partial charge in [-0.2, -0.15) is 0 Å². The van der Waals surface area contributed by atoms with Crippen LogP contribution in [0.1, 0.15) is 57.8 Å². The maximum Gasteiger partial charge on any atom is 0.307 e. The van der Waals surface area contributed by atoms with Gasteiger partial charge in [0.2, 0.25) is 5.91 Å². The number of amides is 1. The van der Waals surface area contributed by atoms with Crippen molar-refractivity contribution in [3.63, 3.8) is 0 Å². The van der Waals surface area contributed by atoms with Crippen molar-refractivity contribution in [2.45, 2.75) is 63.8 Å². The van der Waals surface area contributed by atoms with Crippen molar-refractivity contribution in [3.8, 4) is 0 Å². The molecule has 1 unspecified atom stereocenters. The van der Waals surface area contributed by atoms with E-state index in [2.05, 4.69) is 0 Å². The van der Waals surface area contributed by atoms with E-state index in [0.717, 1.165) is 25.8 Å². The van der Waals surface area contributed by atoms with Crippen LogP contribution in [0.5, 0.6) is 0 Å². The van der Waals surface area contributed by atoms with Crippen LogP contribution in [-0.4, -0.2) is 36.5 Å². The lowest BCUT2D eigenvalue weighted by atomic mass is 9.96. The lowest BCUT2D eigenvalue weighted by Crippen LogP contribution is -2.45. The van der Waals surface area contributed by atoms with Gasteiger partial charge in [0, 0.05) is 19.0 Å². The van der Waals surface area contributed by atoms with Crippen LogP contribution in [0.2, 0.25) is 0 Å². The maximum atomic E-state index is 12.4. The highest BCUT2D eigenvalue weighted by Gasteiger charge is 2.30. The predicted octanol–water partition coefficient (Wildman–Crippen LogP) is 2.51. The summed E-state index contributed by atoms with van der Waals surface area (Å²) >= 11 is 0. The molecule has 1 saturated heterocycles. The molecule has 1 amide bonds. The van der Waals surface area contributed by atoms with E-state index in [4.69, 9.17) is 4.74 Å². The van der Waals surface area contributed by atoms with Crippen molar-refractivity contribution in [1.82, 2.24) is 4.90 Å². The third-order valence-corrected chi connectivity index (χ3v) is 4.52. The molecule has 0 aromatic carbocycles. The van der Waals surface area contributed by atoms with Crippen molar-refractivity contribution in [3.05, 3.63) is 0 Å². The molecule has 2 rings (SSSR count). The number of hydrogen-bond donors (Lipinski definition) is 0. The zero-order valence-corrected chi connectivity index (χ0v) is 11.9. The Morgan fingerprint density at radius 3 is 2.42 bits per heavy atom. The summed E-state index contributed by atoms with van der Waals surface area (Å²) in [4.78, 5) is 25.8. The monoisotopic (exact) mass is 267 g/mol. The number of methoxy groups -OCH3 is 1. The highest BCUT2D eigenvalue weighted by Crippen LogP contribution is 2.29. The minimum Gasteiger partial charge on any atom is -0.469 e. The first-order valence-electron chi connectivity index (χ1n) is 7.57. The van der Waals surface area contributed by atoms with Crippen LogP contribution < -0.4 is 0 Å². The van der Waals surface area contributed by atoms with Crippen molar-refractivity contribution >= 4 is 11.9 Å². The number of nitrogens with zero attached hydrogens (tertiary/aromatic N) is 1. The highest BCUT2D eigenvalue weighted by molar-refractivity contribution is 5.78. The molecule has 1 saturated carbocycles. The Hall–Kier alpha value is -1.06. The van der Waals surface area contributed by atoms with Crippen LogP contribution in [0.15, 0.2) is 0 Å². The minimum atomic E-state index is -0.203. The molecule has 0 aromatic heterocycles. The Kier molecular flexibility index (Phi) is 5.23. The van der Waals surface area contributed by atoms with Crippen molar-refractivity contribution in [1.29, 1.82) is 0 Å². The van der Waals surface area contributed by atoms with Gasteiger partial charge in [-0.05, 0) is 38.0 Å². The fraction of sp³-hybridized carbons (Fsp3) is 0.867. The van der Waals surface area contributed by atoms with E-state index in [1.807, 2.05) is 4.90 Å². The van der Waals surface area contributed by atoms with Gasteiger partial charge in [-0.25, -0.2) is 0 Å². The summed E-state index contributed by atoms with van der Waals surface area (Å²) in [5.74, 6) is 0.624. The quantitative estimate of drug-likeness (QED) is 0.735. The number of ether oxygens (including phenoxy) is 1. The zero-order valence-electron chi connectivity index (χ0n) is 11.9. The Morgan fingerprint density at radius 1 is 1.05 bits per heavy atom. The lowest BCUT2D eigenvalue weighted by molar-refractivity contribution is -0.144. The largest absolute Gasteiger partial charge is 0.469 e. The molecular formula is C15H25NO3. The molecule has 1 atom stereocenters. The van der Waals surface area contributed by atoms with Crippen molar-refractivity contribution < 1.29 is 14.3 Å². The predicted molar refractivity (Wildman–Crippen MR) is 72.6 cm³/mol. The minimum absolute atomic E-state index is 0.0649. The summed E-state index contributed by atoms with van der Waals surface area (Å²) in [6.45, 7) is 0.813. The van der Waals surface area contributed by atoms with Gasteiger partial charge < -0.3 is 9.64 Å². The Morgan fingerprint density at radius 2 is 1.74 bits per heavy atom. The zero-order chi connectivity index (χ0) is 13.7. The molecule has 108 valence electrons. The molecule has 1 heterocycles. The summed E-state index contributed by atoms with van der Waals surface area (Å²) in [5.41, 5.74) is 0. The van der Waals surface area contributed by atoms with E-state index >= 15 is 0 Å². The third kappa shape index (κ3) is 3.95. The van der Waals surface area contributed by atoms with E-state index in [-0.39, 0.29) is 17.9 Å². The van der Waals surface area contributed by atoms with Gasteiger partial charge in [0.1, 0.15) is 0 Å². The number of likely N-dealkylation sites (tertiary alicyclic amines) is 1. The third-order valence-electron chi connectivity index (χ3n) is 4.52. The summed E-state index contributed by atoms with van der Waals surface area (Å²) in [6, 6.07) is 0.0649. The Bertz CT molecular complexity index is 323. The molecule has 0 spiro atoms. The number of rotatable bonds is 4. The molecule has 0 bridgehead atoms. The topological polar surface area (TPSA) is 46.6 Å². The van der Waals surface area contributed by atoms with Crippen LogP contribution in [0.3, 0.4) is 0 Å². The first-order valence-corrected chi connectivity index (χ1v) is 7.57. The molecule has 4 heteroatoms. The standard InChI is InChI=1S/C15H25NO3/c1-19-15(18)11-13-8-4-5-9-16(13)14(17)10-12-6-2-3-7-12/h12-13H,2-11H2,1H3. The second-order valence-corrected chi connectivity index (χ2v) is 5.87. The van der Waals surface area contributed by atoms with Crippen LogP contribution >= 0.6 is 0 Å². The van der Waals surface area contributed by atoms with E-state index in [1.54, 1.807) is 0 Å².